The third-order valence-electron chi connectivity index (χ3n) is 6.21. The smallest absolute Gasteiger partial charge is 0.128 e. The van der Waals surface area contributed by atoms with Crippen LogP contribution in [-0.4, -0.2) is 37.1 Å². The second kappa shape index (κ2) is 9.94. The number of benzene rings is 3. The third-order valence-corrected chi connectivity index (χ3v) is 6.21. The molecule has 5 nitrogen and oxygen atoms in total. The molecule has 0 spiro atoms. The number of allylic oxidation sites excluding steroid dienone is 1. The Morgan fingerprint density at radius 2 is 1.68 bits per heavy atom. The molecule has 0 aromatic heterocycles. The number of nitrogens with zero attached hydrogens (tertiary/aromatic N) is 3. The number of aliphatic hydroxyl groups is 1. The Kier molecular flexibility index (Phi) is 6.81. The number of aliphatic hydroxyl groups excluding tert-OH is 1. The molecule has 0 radical (unpaired) electrons. The highest BCUT2D eigenvalue weighted by molar-refractivity contribution is 5.93. The first-order chi connectivity index (χ1) is 16.4. The lowest BCUT2D eigenvalue weighted by Gasteiger charge is -2.36. The highest BCUT2D eigenvalue weighted by Gasteiger charge is 2.22. The van der Waals surface area contributed by atoms with Crippen LogP contribution in [0.1, 0.15) is 37.5 Å². The molecule has 3 aromatic rings. The molecule has 5 heteroatoms. The van der Waals surface area contributed by atoms with Crippen molar-refractivity contribution in [2.45, 2.75) is 33.0 Å². The van der Waals surface area contributed by atoms with E-state index in [0.717, 1.165) is 41.0 Å². The Morgan fingerprint density at radius 1 is 1.03 bits per heavy atom. The molecule has 1 aliphatic heterocycles. The number of rotatable bonds is 5. The van der Waals surface area contributed by atoms with Crippen LogP contribution in [0.5, 0.6) is 0 Å². The van der Waals surface area contributed by atoms with Gasteiger partial charge in [-0.25, -0.2) is 0 Å². The molecule has 0 aliphatic carbocycles. The molecule has 4 rings (SSSR count). The zero-order valence-electron chi connectivity index (χ0n) is 19.8. The van der Waals surface area contributed by atoms with Crippen molar-refractivity contribution < 1.29 is 9.84 Å². The van der Waals surface area contributed by atoms with E-state index in [1.807, 2.05) is 49.4 Å². The molecule has 1 N–H and O–H groups in total. The van der Waals surface area contributed by atoms with Crippen molar-refractivity contribution in [2.24, 2.45) is 4.99 Å². The molecule has 0 saturated carbocycles. The van der Waals surface area contributed by atoms with Crippen molar-refractivity contribution in [3.8, 4) is 17.2 Å². The summed E-state index contributed by atoms with van der Waals surface area (Å²) in [7, 11) is 0. The molecular formula is C29H29N3O2. The minimum absolute atomic E-state index is 0.166. The summed E-state index contributed by atoms with van der Waals surface area (Å²) in [6.07, 6.45) is 0.393. The van der Waals surface area contributed by atoms with Gasteiger partial charge in [0, 0.05) is 29.9 Å². The number of morpholine rings is 1. The van der Waals surface area contributed by atoms with E-state index in [0.29, 0.717) is 16.8 Å². The Balaban J connectivity index is 1.66. The average Bonchev–Trinajstić information content (AvgIpc) is 2.87. The summed E-state index contributed by atoms with van der Waals surface area (Å²) in [6.45, 7) is 11.6. The molecular weight excluding hydrogens is 422 g/mol. The predicted octanol–water partition coefficient (Wildman–Crippen LogP) is 6.62. The number of aliphatic imine (C=N–C) groups is 1. The average molecular weight is 452 g/mol. The zero-order valence-corrected chi connectivity index (χ0v) is 19.8. The summed E-state index contributed by atoms with van der Waals surface area (Å²) < 4.78 is 5.84. The fourth-order valence-electron chi connectivity index (χ4n) is 4.51. The van der Waals surface area contributed by atoms with E-state index < -0.39 is 0 Å². The normalized spacial score (nSPS) is 18.7. The van der Waals surface area contributed by atoms with Crippen molar-refractivity contribution in [3.05, 3.63) is 83.4 Å². The standard InChI is InChI=1S/C29H29N3O2/c1-19-17-32(18-20(2)34-19)25-14-12-23(13-15-25)21(3)29(33)27-7-5-6-26(28(27)31-4)24-10-8-22(16-30)9-11-24/h5-15,19-20,33H,4,17-18H2,1-3H3/b29-21-/t19-,20+. The van der Waals surface area contributed by atoms with Crippen LogP contribution in [0.15, 0.2) is 71.7 Å². The van der Waals surface area contributed by atoms with Gasteiger partial charge in [-0.2, -0.15) is 5.26 Å². The first-order valence-corrected chi connectivity index (χ1v) is 11.4. The van der Waals surface area contributed by atoms with Gasteiger partial charge < -0.3 is 14.7 Å². The Hall–Kier alpha value is -3.88. The van der Waals surface area contributed by atoms with E-state index in [1.54, 1.807) is 12.1 Å². The number of anilines is 1. The van der Waals surface area contributed by atoms with Crippen molar-refractivity contribution in [3.63, 3.8) is 0 Å². The maximum absolute atomic E-state index is 11.2. The molecule has 3 aromatic carbocycles. The third kappa shape index (κ3) is 4.73. The van der Waals surface area contributed by atoms with Crippen LogP contribution < -0.4 is 4.90 Å². The van der Waals surface area contributed by atoms with E-state index in [4.69, 9.17) is 10.00 Å². The summed E-state index contributed by atoms with van der Waals surface area (Å²) in [5, 5.41) is 20.3. The quantitative estimate of drug-likeness (QED) is 0.269. The van der Waals surface area contributed by atoms with E-state index in [2.05, 4.69) is 48.7 Å². The minimum atomic E-state index is 0.166. The number of ether oxygens (including phenoxy) is 1. The van der Waals surface area contributed by atoms with Gasteiger partial charge in [0.1, 0.15) is 5.76 Å². The zero-order chi connectivity index (χ0) is 24.2. The van der Waals surface area contributed by atoms with Gasteiger partial charge in [-0.3, -0.25) is 4.99 Å². The van der Waals surface area contributed by atoms with Crippen LogP contribution in [0.2, 0.25) is 0 Å². The van der Waals surface area contributed by atoms with E-state index in [-0.39, 0.29) is 18.0 Å². The SMILES string of the molecule is C=Nc1c(/C(O)=C(\C)c2ccc(N3C[C@@H](C)O[C@@H](C)C3)cc2)cccc1-c1ccc(C#N)cc1. The second-order valence-electron chi connectivity index (χ2n) is 8.73. The molecule has 1 fully saturated rings. The summed E-state index contributed by atoms with van der Waals surface area (Å²) in [5.74, 6) is 0.166. The lowest BCUT2D eigenvalue weighted by Crippen LogP contribution is -2.45. The summed E-state index contributed by atoms with van der Waals surface area (Å²) in [4.78, 5) is 6.58. The van der Waals surface area contributed by atoms with E-state index in [1.165, 1.54) is 0 Å². The largest absolute Gasteiger partial charge is 0.507 e. The molecule has 1 heterocycles. The van der Waals surface area contributed by atoms with Crippen LogP contribution in [0, 0.1) is 11.3 Å². The van der Waals surface area contributed by atoms with Gasteiger partial charge in [0.25, 0.3) is 0 Å². The number of hydrogen-bond acceptors (Lipinski definition) is 5. The van der Waals surface area contributed by atoms with Gasteiger partial charge in [0.05, 0.1) is 29.5 Å². The first-order valence-electron chi connectivity index (χ1n) is 11.4. The second-order valence-corrected chi connectivity index (χ2v) is 8.73. The Morgan fingerprint density at radius 3 is 2.26 bits per heavy atom. The summed E-state index contributed by atoms with van der Waals surface area (Å²) in [5.41, 5.74) is 6.43. The fraction of sp³-hybridized carbons (Fsp3) is 0.241. The highest BCUT2D eigenvalue weighted by atomic mass is 16.5. The molecule has 1 aliphatic rings. The lowest BCUT2D eigenvalue weighted by atomic mass is 9.95. The van der Waals surface area contributed by atoms with Crippen LogP contribution in [0.3, 0.4) is 0 Å². The lowest BCUT2D eigenvalue weighted by molar-refractivity contribution is -0.00521. The van der Waals surface area contributed by atoms with E-state index in [9.17, 15) is 5.11 Å². The molecule has 2 atom stereocenters. The predicted molar refractivity (Wildman–Crippen MR) is 140 cm³/mol. The van der Waals surface area contributed by atoms with Gasteiger partial charge in [0.15, 0.2) is 0 Å². The van der Waals surface area contributed by atoms with Crippen LogP contribution in [0.4, 0.5) is 11.4 Å². The van der Waals surface area contributed by atoms with Crippen molar-refractivity contribution in [1.29, 1.82) is 5.26 Å². The van der Waals surface area contributed by atoms with Gasteiger partial charge in [-0.15, -0.1) is 0 Å². The summed E-state index contributed by atoms with van der Waals surface area (Å²) >= 11 is 0. The minimum Gasteiger partial charge on any atom is -0.507 e. The van der Waals surface area contributed by atoms with Crippen molar-refractivity contribution >= 4 is 29.4 Å². The van der Waals surface area contributed by atoms with Crippen molar-refractivity contribution in [2.75, 3.05) is 18.0 Å². The molecule has 1 saturated heterocycles. The van der Waals surface area contributed by atoms with Gasteiger partial charge in [-0.1, -0.05) is 36.4 Å². The first kappa shape index (κ1) is 23.3. The van der Waals surface area contributed by atoms with Gasteiger partial charge >= 0.3 is 0 Å². The van der Waals surface area contributed by atoms with Gasteiger partial charge in [-0.05, 0) is 74.5 Å². The number of para-hydroxylation sites is 1. The van der Waals surface area contributed by atoms with Crippen LogP contribution in [0.25, 0.3) is 22.5 Å². The monoisotopic (exact) mass is 451 g/mol. The fourth-order valence-corrected chi connectivity index (χ4v) is 4.51. The molecule has 0 bridgehead atoms. The van der Waals surface area contributed by atoms with Gasteiger partial charge in [0.2, 0.25) is 0 Å². The molecule has 34 heavy (non-hydrogen) atoms. The number of nitriles is 1. The topological polar surface area (TPSA) is 68.8 Å². The maximum Gasteiger partial charge on any atom is 0.128 e. The highest BCUT2D eigenvalue weighted by Crippen LogP contribution is 2.38. The van der Waals surface area contributed by atoms with Crippen LogP contribution in [-0.2, 0) is 4.74 Å². The molecule has 0 amide bonds. The molecule has 0 unspecified atom stereocenters. The van der Waals surface area contributed by atoms with E-state index >= 15 is 0 Å². The number of hydrogen-bond donors (Lipinski definition) is 1. The van der Waals surface area contributed by atoms with Crippen LogP contribution >= 0.6 is 0 Å². The Bertz CT molecular complexity index is 1240. The van der Waals surface area contributed by atoms with Crippen molar-refractivity contribution in [1.82, 2.24) is 0 Å². The maximum atomic E-state index is 11.2. The summed E-state index contributed by atoms with van der Waals surface area (Å²) in [6, 6.07) is 23.4. The Labute approximate surface area is 201 Å². The molecule has 172 valence electrons.